The van der Waals surface area contributed by atoms with Crippen molar-refractivity contribution in [1.82, 2.24) is 5.32 Å². The van der Waals surface area contributed by atoms with Crippen LogP contribution in [0.25, 0.3) is 0 Å². The van der Waals surface area contributed by atoms with Crippen LogP contribution in [0.4, 0.5) is 4.79 Å². The highest BCUT2D eigenvalue weighted by atomic mass is 16.5. The zero-order valence-electron chi connectivity index (χ0n) is 16.2. The van der Waals surface area contributed by atoms with Crippen molar-refractivity contribution < 1.29 is 29.3 Å². The Hall–Kier alpha value is -2.61. The van der Waals surface area contributed by atoms with Gasteiger partial charge in [-0.2, -0.15) is 0 Å². The number of carboxylic acid groups (broad SMARTS) is 2. The van der Waals surface area contributed by atoms with Crippen LogP contribution in [0.5, 0.6) is 0 Å². The van der Waals surface area contributed by atoms with Crippen molar-refractivity contribution in [3.63, 3.8) is 0 Å². The molecule has 0 aliphatic rings. The Morgan fingerprint density at radius 1 is 1.04 bits per heavy atom. The minimum Gasteiger partial charge on any atom is -0.480 e. The normalized spacial score (nSPS) is 12.6. The first-order valence-electron chi connectivity index (χ1n) is 8.73. The molecule has 152 valence electrons. The number of rotatable bonds is 8. The molecule has 27 heavy (non-hydrogen) atoms. The molecule has 0 radical (unpaired) electrons. The molecular weight excluding hydrogens is 352 g/mol. The molecular formula is C19H30N2O6. The van der Waals surface area contributed by atoms with E-state index in [0.717, 1.165) is 5.56 Å². The Morgan fingerprint density at radius 2 is 1.59 bits per heavy atom. The molecule has 1 aromatic rings. The van der Waals surface area contributed by atoms with Crippen LogP contribution in [-0.2, 0) is 20.9 Å². The van der Waals surface area contributed by atoms with E-state index in [9.17, 15) is 14.4 Å². The third-order valence-corrected chi connectivity index (χ3v) is 3.51. The molecule has 0 unspecified atom stereocenters. The molecule has 2 atom stereocenters. The fraction of sp³-hybridized carbons (Fsp3) is 0.526. The number of nitrogens with one attached hydrogen (secondary N) is 1. The number of alkyl carbamates (subject to hydrolysis) is 1. The highest BCUT2D eigenvalue weighted by Gasteiger charge is 2.21. The van der Waals surface area contributed by atoms with Gasteiger partial charge in [-0.05, 0) is 23.8 Å². The highest BCUT2D eigenvalue weighted by molar-refractivity contribution is 5.79. The van der Waals surface area contributed by atoms with E-state index in [0.29, 0.717) is 6.42 Å². The fourth-order valence-corrected chi connectivity index (χ4v) is 1.89. The van der Waals surface area contributed by atoms with E-state index in [1.807, 2.05) is 44.2 Å². The van der Waals surface area contributed by atoms with Gasteiger partial charge in [0.05, 0.1) is 0 Å². The molecule has 1 aromatic carbocycles. The number of carbonyl (C=O) groups is 3. The Morgan fingerprint density at radius 3 is 1.96 bits per heavy atom. The second kappa shape index (κ2) is 12.7. The SMILES string of the molecule is CC(C)C[C@H](NC(=O)OCc1ccccc1)C(=O)O.CC(C)[C@H](N)C(=O)O. The molecule has 0 aliphatic carbocycles. The quantitative estimate of drug-likeness (QED) is 0.541. The summed E-state index contributed by atoms with van der Waals surface area (Å²) in [5.41, 5.74) is 6.01. The molecule has 0 spiro atoms. The Balaban J connectivity index is 0.000000713. The van der Waals surface area contributed by atoms with Crippen molar-refractivity contribution in [3.8, 4) is 0 Å². The number of aliphatic carboxylic acids is 2. The van der Waals surface area contributed by atoms with Crippen molar-refractivity contribution >= 4 is 18.0 Å². The maximum Gasteiger partial charge on any atom is 0.408 e. The minimum absolute atomic E-state index is 0.0208. The average molecular weight is 382 g/mol. The summed E-state index contributed by atoms with van der Waals surface area (Å²) in [5.74, 6) is -1.78. The van der Waals surface area contributed by atoms with Gasteiger partial charge in [0, 0.05) is 0 Å². The van der Waals surface area contributed by atoms with Crippen molar-refractivity contribution in [1.29, 1.82) is 0 Å². The third-order valence-electron chi connectivity index (χ3n) is 3.51. The van der Waals surface area contributed by atoms with Crippen LogP contribution in [0.2, 0.25) is 0 Å². The lowest BCUT2D eigenvalue weighted by Crippen LogP contribution is -2.41. The van der Waals surface area contributed by atoms with Gasteiger partial charge in [-0.1, -0.05) is 58.0 Å². The Bertz CT molecular complexity index is 589. The predicted octanol–water partition coefficient (Wildman–Crippen LogP) is 2.47. The predicted molar refractivity (Wildman–Crippen MR) is 101 cm³/mol. The smallest absolute Gasteiger partial charge is 0.408 e. The van der Waals surface area contributed by atoms with Crippen molar-refractivity contribution in [2.45, 2.75) is 52.8 Å². The molecule has 0 aromatic heterocycles. The van der Waals surface area contributed by atoms with Crippen LogP contribution in [0, 0.1) is 11.8 Å². The standard InChI is InChI=1S/C14H19NO4.C5H11NO2/c1-10(2)8-12(13(16)17)15-14(18)19-9-11-6-4-3-5-7-11;1-3(2)4(6)5(7)8/h3-7,10,12H,8-9H2,1-2H3,(H,15,18)(H,16,17);3-4H,6H2,1-2H3,(H,7,8)/t12-;4-/m00/s1. The Kier molecular flexibility index (Phi) is 11.5. The number of benzene rings is 1. The summed E-state index contributed by atoms with van der Waals surface area (Å²) in [5, 5.41) is 19.6. The average Bonchev–Trinajstić information content (AvgIpc) is 2.59. The van der Waals surface area contributed by atoms with Gasteiger partial charge in [-0.25, -0.2) is 9.59 Å². The van der Waals surface area contributed by atoms with Crippen LogP contribution in [-0.4, -0.2) is 40.3 Å². The van der Waals surface area contributed by atoms with E-state index in [2.05, 4.69) is 5.32 Å². The van der Waals surface area contributed by atoms with Crippen LogP contribution >= 0.6 is 0 Å². The topological polar surface area (TPSA) is 139 Å². The van der Waals surface area contributed by atoms with Gasteiger partial charge >= 0.3 is 18.0 Å². The molecule has 1 amide bonds. The van der Waals surface area contributed by atoms with Crippen LogP contribution in [0.1, 0.15) is 39.7 Å². The number of ether oxygens (including phenoxy) is 1. The molecule has 0 saturated carbocycles. The number of hydrogen-bond acceptors (Lipinski definition) is 5. The molecule has 5 N–H and O–H groups in total. The zero-order valence-corrected chi connectivity index (χ0v) is 16.2. The van der Waals surface area contributed by atoms with E-state index < -0.39 is 30.1 Å². The molecule has 0 bridgehead atoms. The molecule has 8 nitrogen and oxygen atoms in total. The number of carbonyl (C=O) groups excluding carboxylic acids is 1. The van der Waals surface area contributed by atoms with Crippen LogP contribution < -0.4 is 11.1 Å². The zero-order chi connectivity index (χ0) is 21.0. The third kappa shape index (κ3) is 11.6. The van der Waals surface area contributed by atoms with E-state index >= 15 is 0 Å². The van der Waals surface area contributed by atoms with Gasteiger partial charge in [0.1, 0.15) is 18.7 Å². The first-order chi connectivity index (χ1) is 12.5. The van der Waals surface area contributed by atoms with E-state index in [1.165, 1.54) is 0 Å². The number of amides is 1. The summed E-state index contributed by atoms with van der Waals surface area (Å²) in [6.07, 6.45) is -0.340. The van der Waals surface area contributed by atoms with Crippen LogP contribution in [0.3, 0.4) is 0 Å². The minimum atomic E-state index is -1.05. The van der Waals surface area contributed by atoms with Crippen molar-refractivity contribution in [2.75, 3.05) is 0 Å². The molecule has 8 heteroatoms. The van der Waals surface area contributed by atoms with Gasteiger partial charge in [-0.3, -0.25) is 4.79 Å². The van der Waals surface area contributed by atoms with Gasteiger partial charge in [0.2, 0.25) is 0 Å². The molecule has 0 fully saturated rings. The van der Waals surface area contributed by atoms with E-state index in [1.54, 1.807) is 13.8 Å². The fourth-order valence-electron chi connectivity index (χ4n) is 1.89. The molecule has 0 aliphatic heterocycles. The maximum atomic E-state index is 11.5. The summed E-state index contributed by atoms with van der Waals surface area (Å²) in [6, 6.07) is 7.59. The van der Waals surface area contributed by atoms with Gasteiger partial charge < -0.3 is 26.0 Å². The second-order valence-corrected chi connectivity index (χ2v) is 6.83. The Labute approximate surface area is 159 Å². The summed E-state index contributed by atoms with van der Waals surface area (Å²) < 4.78 is 4.98. The summed E-state index contributed by atoms with van der Waals surface area (Å²) in [7, 11) is 0. The lowest BCUT2D eigenvalue weighted by molar-refractivity contribution is -0.140. The monoisotopic (exact) mass is 382 g/mol. The summed E-state index contributed by atoms with van der Waals surface area (Å²) >= 11 is 0. The first-order valence-corrected chi connectivity index (χ1v) is 8.73. The number of nitrogens with two attached hydrogens (primary N) is 1. The number of carboxylic acids is 2. The molecule has 0 saturated heterocycles. The van der Waals surface area contributed by atoms with Gasteiger partial charge in [0.25, 0.3) is 0 Å². The molecule has 0 heterocycles. The number of hydrogen-bond donors (Lipinski definition) is 4. The first kappa shape index (κ1) is 24.4. The summed E-state index contributed by atoms with van der Waals surface area (Å²) in [6.45, 7) is 7.47. The van der Waals surface area contributed by atoms with E-state index in [-0.39, 0.29) is 18.4 Å². The van der Waals surface area contributed by atoms with Crippen molar-refractivity contribution in [3.05, 3.63) is 35.9 Å². The maximum absolute atomic E-state index is 11.5. The highest BCUT2D eigenvalue weighted by Crippen LogP contribution is 2.06. The lowest BCUT2D eigenvalue weighted by Gasteiger charge is -2.16. The van der Waals surface area contributed by atoms with E-state index in [4.69, 9.17) is 20.7 Å². The largest absolute Gasteiger partial charge is 0.480 e. The van der Waals surface area contributed by atoms with Gasteiger partial charge in [-0.15, -0.1) is 0 Å². The van der Waals surface area contributed by atoms with Gasteiger partial charge in [0.15, 0.2) is 0 Å². The molecule has 1 rings (SSSR count). The van der Waals surface area contributed by atoms with Crippen LogP contribution in [0.15, 0.2) is 30.3 Å². The second-order valence-electron chi connectivity index (χ2n) is 6.83. The van der Waals surface area contributed by atoms with Crippen molar-refractivity contribution in [2.24, 2.45) is 17.6 Å². The summed E-state index contributed by atoms with van der Waals surface area (Å²) in [4.78, 5) is 32.5. The lowest BCUT2D eigenvalue weighted by atomic mass is 10.0.